The van der Waals surface area contributed by atoms with Crippen LogP contribution in [0.25, 0.3) is 0 Å². The molecular weight excluding hydrogens is 469 g/mol. The summed E-state index contributed by atoms with van der Waals surface area (Å²) in [5.41, 5.74) is 7.35. The van der Waals surface area contributed by atoms with E-state index in [-0.39, 0.29) is 36.5 Å². The number of carbonyl (C=O) groups is 2. The van der Waals surface area contributed by atoms with Crippen molar-refractivity contribution in [3.05, 3.63) is 41.2 Å². The van der Waals surface area contributed by atoms with E-state index in [0.717, 1.165) is 24.1 Å². The topological polar surface area (TPSA) is 128 Å². The standard InChI is InChI=1S/C25H30FN5O5/c1-14(10-27)35-18-8-16-6-15(7-19(16)20(26)9-18)11-28-5-4-17-12-31(25(33)36-17)22-3-2-21-24(29-22)30-23(32)13-34-21/h2-3,8-9,14-15,17,28H,4-7,10-13,27H2,1H3,(H,29,30,32). The summed E-state index contributed by atoms with van der Waals surface area (Å²) < 4.78 is 31.1. The monoisotopic (exact) mass is 499 g/mol. The summed E-state index contributed by atoms with van der Waals surface area (Å²) in [6.45, 7) is 3.93. The average molecular weight is 500 g/mol. The van der Waals surface area contributed by atoms with Crippen LogP contribution in [-0.2, 0) is 22.4 Å². The molecule has 5 rings (SSSR count). The van der Waals surface area contributed by atoms with E-state index in [1.165, 1.54) is 11.0 Å². The van der Waals surface area contributed by atoms with Crippen LogP contribution in [-0.4, -0.2) is 62.0 Å². The SMILES string of the molecule is CC(CN)Oc1cc(F)c2c(c1)CC(CNCCC1CN(c3ccc4c(n3)NC(=O)CO4)C(=O)O1)C2. The van der Waals surface area contributed by atoms with E-state index in [9.17, 15) is 14.0 Å². The summed E-state index contributed by atoms with van der Waals surface area (Å²) in [6, 6.07) is 6.71. The van der Waals surface area contributed by atoms with Crippen molar-refractivity contribution in [1.29, 1.82) is 0 Å². The number of pyridine rings is 1. The molecule has 3 atom stereocenters. The number of hydrogen-bond donors (Lipinski definition) is 3. The van der Waals surface area contributed by atoms with E-state index in [1.807, 2.05) is 13.0 Å². The van der Waals surface area contributed by atoms with Crippen LogP contribution in [0.3, 0.4) is 0 Å². The molecule has 2 aromatic rings. The van der Waals surface area contributed by atoms with Crippen molar-refractivity contribution in [2.45, 2.75) is 38.4 Å². The van der Waals surface area contributed by atoms with Gasteiger partial charge in [0.15, 0.2) is 18.2 Å². The summed E-state index contributed by atoms with van der Waals surface area (Å²) >= 11 is 0. The smallest absolute Gasteiger partial charge is 0.415 e. The molecule has 0 spiro atoms. The van der Waals surface area contributed by atoms with E-state index < -0.39 is 6.09 Å². The predicted octanol–water partition coefficient (Wildman–Crippen LogP) is 2.00. The Balaban J connectivity index is 1.09. The lowest BCUT2D eigenvalue weighted by molar-refractivity contribution is -0.118. The minimum Gasteiger partial charge on any atom is -0.489 e. The van der Waals surface area contributed by atoms with Gasteiger partial charge in [-0.05, 0) is 74.5 Å². The van der Waals surface area contributed by atoms with Crippen molar-refractivity contribution < 1.29 is 28.2 Å². The van der Waals surface area contributed by atoms with E-state index >= 15 is 0 Å². The van der Waals surface area contributed by atoms with Gasteiger partial charge in [-0.2, -0.15) is 0 Å². The van der Waals surface area contributed by atoms with Gasteiger partial charge in [0.2, 0.25) is 0 Å². The van der Waals surface area contributed by atoms with Crippen molar-refractivity contribution in [2.75, 3.05) is 43.0 Å². The molecule has 1 saturated heterocycles. The lowest BCUT2D eigenvalue weighted by Crippen LogP contribution is -2.30. The first kappa shape index (κ1) is 24.3. The highest BCUT2D eigenvalue weighted by molar-refractivity contribution is 5.95. The van der Waals surface area contributed by atoms with Crippen LogP contribution < -0.4 is 30.7 Å². The highest BCUT2D eigenvalue weighted by Crippen LogP contribution is 2.33. The summed E-state index contributed by atoms with van der Waals surface area (Å²) in [6.07, 6.45) is 1.17. The van der Waals surface area contributed by atoms with Gasteiger partial charge in [0.1, 0.15) is 29.6 Å². The number of rotatable bonds is 9. The molecule has 36 heavy (non-hydrogen) atoms. The number of aromatic nitrogens is 1. The Kier molecular flexibility index (Phi) is 6.92. The van der Waals surface area contributed by atoms with Crippen LogP contribution >= 0.6 is 0 Å². The zero-order valence-corrected chi connectivity index (χ0v) is 20.1. The summed E-state index contributed by atoms with van der Waals surface area (Å²) in [5, 5.41) is 6.06. The van der Waals surface area contributed by atoms with Gasteiger partial charge in [0, 0.05) is 12.6 Å². The third-order valence-electron chi connectivity index (χ3n) is 6.62. The number of nitrogens with zero attached hydrogens (tertiary/aromatic N) is 2. The number of nitrogens with two attached hydrogens (primary N) is 1. The van der Waals surface area contributed by atoms with Crippen molar-refractivity contribution in [1.82, 2.24) is 10.3 Å². The van der Waals surface area contributed by atoms with Gasteiger partial charge < -0.3 is 30.6 Å². The largest absolute Gasteiger partial charge is 0.489 e. The Bertz CT molecular complexity index is 1160. The normalized spacial score (nSPS) is 21.4. The lowest BCUT2D eigenvalue weighted by Gasteiger charge is -2.19. The lowest BCUT2D eigenvalue weighted by atomic mass is 10.1. The fraction of sp³-hybridized carbons (Fsp3) is 0.480. The van der Waals surface area contributed by atoms with Crippen LogP contribution in [0.4, 0.5) is 20.8 Å². The molecule has 11 heteroatoms. The summed E-state index contributed by atoms with van der Waals surface area (Å²) in [5.74, 6) is 1.45. The molecule has 0 radical (unpaired) electrons. The molecule has 4 N–H and O–H groups in total. The average Bonchev–Trinajstić information content (AvgIpc) is 3.44. The van der Waals surface area contributed by atoms with Crippen LogP contribution in [0.5, 0.6) is 11.5 Å². The number of carbonyl (C=O) groups excluding carboxylic acids is 2. The van der Waals surface area contributed by atoms with Crippen molar-refractivity contribution in [3.63, 3.8) is 0 Å². The van der Waals surface area contributed by atoms with Gasteiger partial charge in [0.05, 0.1) is 6.54 Å². The zero-order chi connectivity index (χ0) is 25.2. The second-order valence-electron chi connectivity index (χ2n) is 9.44. The molecule has 1 aromatic heterocycles. The van der Waals surface area contributed by atoms with Crippen LogP contribution in [0.2, 0.25) is 0 Å². The fourth-order valence-electron chi connectivity index (χ4n) is 4.77. The maximum atomic E-state index is 14.6. The van der Waals surface area contributed by atoms with Gasteiger partial charge in [-0.15, -0.1) is 0 Å². The Labute approximate surface area is 208 Å². The molecule has 1 aliphatic carbocycles. The third-order valence-corrected chi connectivity index (χ3v) is 6.62. The second kappa shape index (κ2) is 10.3. The van der Waals surface area contributed by atoms with Crippen LogP contribution in [0, 0.1) is 11.7 Å². The number of anilines is 2. The maximum Gasteiger partial charge on any atom is 0.415 e. The number of cyclic esters (lactones) is 1. The molecule has 0 bridgehead atoms. The van der Waals surface area contributed by atoms with Crippen molar-refractivity contribution in [3.8, 4) is 11.5 Å². The van der Waals surface area contributed by atoms with Gasteiger partial charge in [-0.3, -0.25) is 9.69 Å². The number of amides is 2. The van der Waals surface area contributed by atoms with Crippen LogP contribution in [0.15, 0.2) is 24.3 Å². The van der Waals surface area contributed by atoms with Gasteiger partial charge in [-0.25, -0.2) is 14.2 Å². The Morgan fingerprint density at radius 3 is 3.03 bits per heavy atom. The van der Waals surface area contributed by atoms with E-state index in [2.05, 4.69) is 15.6 Å². The molecule has 1 fully saturated rings. The molecule has 10 nitrogen and oxygen atoms in total. The highest BCUT2D eigenvalue weighted by atomic mass is 19.1. The molecule has 2 amide bonds. The molecule has 3 aliphatic rings. The maximum absolute atomic E-state index is 14.6. The van der Waals surface area contributed by atoms with E-state index in [0.29, 0.717) is 55.6 Å². The highest BCUT2D eigenvalue weighted by Gasteiger charge is 2.34. The van der Waals surface area contributed by atoms with Crippen molar-refractivity contribution >= 4 is 23.6 Å². The number of ether oxygens (including phenoxy) is 3. The predicted molar refractivity (Wildman–Crippen MR) is 130 cm³/mol. The number of benzene rings is 1. The van der Waals surface area contributed by atoms with E-state index in [4.69, 9.17) is 19.9 Å². The Morgan fingerprint density at radius 2 is 2.19 bits per heavy atom. The third kappa shape index (κ3) is 5.21. The summed E-state index contributed by atoms with van der Waals surface area (Å²) in [4.78, 5) is 29.7. The van der Waals surface area contributed by atoms with Gasteiger partial charge in [0.25, 0.3) is 5.91 Å². The first-order valence-corrected chi connectivity index (χ1v) is 12.2. The number of fused-ring (bicyclic) bond motifs is 2. The molecule has 1 aromatic carbocycles. The molecule has 3 unspecified atom stereocenters. The molecule has 2 aliphatic heterocycles. The quantitative estimate of drug-likeness (QED) is 0.447. The molecule has 192 valence electrons. The summed E-state index contributed by atoms with van der Waals surface area (Å²) in [7, 11) is 0. The molecule has 3 heterocycles. The minimum absolute atomic E-state index is 0.0553. The van der Waals surface area contributed by atoms with E-state index in [1.54, 1.807) is 12.1 Å². The number of nitrogens with one attached hydrogen (secondary N) is 2. The van der Waals surface area contributed by atoms with Crippen molar-refractivity contribution in [2.24, 2.45) is 11.7 Å². The Morgan fingerprint density at radius 1 is 1.33 bits per heavy atom. The minimum atomic E-state index is -0.473. The number of halogens is 1. The zero-order valence-electron chi connectivity index (χ0n) is 20.1. The molecular formula is C25H30FN5O5. The molecule has 0 saturated carbocycles. The fourth-order valence-corrected chi connectivity index (χ4v) is 4.77. The van der Waals surface area contributed by atoms with Gasteiger partial charge in [-0.1, -0.05) is 0 Å². The second-order valence-corrected chi connectivity index (χ2v) is 9.44. The first-order valence-electron chi connectivity index (χ1n) is 12.2. The number of hydrogen-bond acceptors (Lipinski definition) is 8. The van der Waals surface area contributed by atoms with Gasteiger partial charge >= 0.3 is 6.09 Å². The first-order chi connectivity index (χ1) is 17.4. The van der Waals surface area contributed by atoms with Crippen LogP contribution in [0.1, 0.15) is 24.5 Å². The Hall–Kier alpha value is -3.44.